The number of nitrogens with one attached hydrogen (secondary N) is 1. The highest BCUT2D eigenvalue weighted by atomic mass is 16.1. The number of para-hydroxylation sites is 1. The number of nitriles is 1. The van der Waals surface area contributed by atoms with E-state index in [-0.39, 0.29) is 5.57 Å². The summed E-state index contributed by atoms with van der Waals surface area (Å²) in [6.45, 7) is 2.67. The van der Waals surface area contributed by atoms with E-state index >= 15 is 0 Å². The minimum Gasteiger partial charge on any atom is -0.342 e. The van der Waals surface area contributed by atoms with Crippen molar-refractivity contribution in [3.8, 4) is 6.07 Å². The highest BCUT2D eigenvalue weighted by Gasteiger charge is 2.13. The molecule has 34 heavy (non-hydrogen) atoms. The molecular formula is C30H23N3O. The number of carbonyl (C=O) groups excluding carboxylic acids is 1. The molecule has 4 heteroatoms. The molecule has 5 aromatic rings. The lowest BCUT2D eigenvalue weighted by Gasteiger charge is -2.09. The van der Waals surface area contributed by atoms with Crippen LogP contribution in [0.3, 0.4) is 0 Å². The molecule has 0 aliphatic carbocycles. The van der Waals surface area contributed by atoms with E-state index in [4.69, 9.17) is 0 Å². The van der Waals surface area contributed by atoms with E-state index in [9.17, 15) is 10.1 Å². The van der Waals surface area contributed by atoms with E-state index in [1.807, 2.05) is 61.7 Å². The molecule has 0 saturated carbocycles. The third-order valence-corrected chi connectivity index (χ3v) is 6.01. The Morgan fingerprint density at radius 2 is 1.62 bits per heavy atom. The van der Waals surface area contributed by atoms with Crippen LogP contribution in [0, 0.1) is 18.3 Å². The van der Waals surface area contributed by atoms with Gasteiger partial charge in [-0.2, -0.15) is 5.26 Å². The van der Waals surface area contributed by atoms with Crippen LogP contribution in [0.25, 0.3) is 27.8 Å². The number of nitrogens with zero attached hydrogens (tertiary/aromatic N) is 2. The molecule has 0 atom stereocenters. The standard InChI is InChI=1S/C30H23N3O/c1-21-13-15-26(16-14-21)32-30(34)24(18-31)17-25-20-33(29-12-5-4-11-28(25)29)19-23-9-6-8-22-7-2-3-10-27(22)23/h2-17,20H,19H2,1H3,(H,32,34)/b24-17+. The fourth-order valence-corrected chi connectivity index (χ4v) is 4.27. The summed E-state index contributed by atoms with van der Waals surface area (Å²) in [6, 6.07) is 32.3. The fourth-order valence-electron chi connectivity index (χ4n) is 4.27. The number of benzene rings is 4. The zero-order valence-corrected chi connectivity index (χ0v) is 18.8. The molecule has 0 spiro atoms. The molecule has 4 nitrogen and oxygen atoms in total. The lowest BCUT2D eigenvalue weighted by atomic mass is 10.0. The third kappa shape index (κ3) is 4.20. The molecule has 0 bridgehead atoms. The van der Waals surface area contributed by atoms with Gasteiger partial charge in [-0.1, -0.05) is 78.4 Å². The fraction of sp³-hybridized carbons (Fsp3) is 0.0667. The maximum absolute atomic E-state index is 12.8. The summed E-state index contributed by atoms with van der Waals surface area (Å²) < 4.78 is 2.18. The third-order valence-electron chi connectivity index (χ3n) is 6.01. The van der Waals surface area contributed by atoms with Crippen LogP contribution in [-0.2, 0) is 11.3 Å². The first-order valence-electron chi connectivity index (χ1n) is 11.2. The van der Waals surface area contributed by atoms with Gasteiger partial charge in [0.1, 0.15) is 11.6 Å². The van der Waals surface area contributed by atoms with Crippen molar-refractivity contribution >= 4 is 39.3 Å². The van der Waals surface area contributed by atoms with Crippen LogP contribution in [-0.4, -0.2) is 10.5 Å². The van der Waals surface area contributed by atoms with Crippen LogP contribution < -0.4 is 5.32 Å². The summed E-state index contributed by atoms with van der Waals surface area (Å²) in [7, 11) is 0. The maximum Gasteiger partial charge on any atom is 0.266 e. The summed E-state index contributed by atoms with van der Waals surface area (Å²) in [5.74, 6) is -0.419. The summed E-state index contributed by atoms with van der Waals surface area (Å²) >= 11 is 0. The smallest absolute Gasteiger partial charge is 0.266 e. The lowest BCUT2D eigenvalue weighted by molar-refractivity contribution is -0.112. The molecule has 0 aliphatic rings. The molecule has 0 fully saturated rings. The van der Waals surface area contributed by atoms with Crippen LogP contribution in [0.5, 0.6) is 0 Å². The Bertz CT molecular complexity index is 1580. The van der Waals surface area contributed by atoms with Crippen LogP contribution in [0.4, 0.5) is 5.69 Å². The molecule has 1 N–H and O–H groups in total. The van der Waals surface area contributed by atoms with Gasteiger partial charge in [0.2, 0.25) is 0 Å². The first-order chi connectivity index (χ1) is 16.6. The second kappa shape index (κ2) is 9.09. The SMILES string of the molecule is Cc1ccc(NC(=O)/C(C#N)=C/c2cn(Cc3cccc4ccccc34)c3ccccc23)cc1. The van der Waals surface area contributed by atoms with E-state index in [0.717, 1.165) is 22.0 Å². The molecular weight excluding hydrogens is 418 g/mol. The Hall–Kier alpha value is -4.62. The van der Waals surface area contributed by atoms with E-state index in [1.165, 1.54) is 16.3 Å². The Morgan fingerprint density at radius 3 is 2.41 bits per heavy atom. The van der Waals surface area contributed by atoms with E-state index in [2.05, 4.69) is 58.4 Å². The number of aromatic nitrogens is 1. The number of hydrogen-bond donors (Lipinski definition) is 1. The topological polar surface area (TPSA) is 57.8 Å². The minimum absolute atomic E-state index is 0.0636. The van der Waals surface area contributed by atoms with Crippen molar-refractivity contribution in [2.45, 2.75) is 13.5 Å². The number of amides is 1. The van der Waals surface area contributed by atoms with Gasteiger partial charge in [0.25, 0.3) is 5.91 Å². The number of aryl methyl sites for hydroxylation is 1. The highest BCUT2D eigenvalue weighted by molar-refractivity contribution is 6.10. The predicted octanol–water partition coefficient (Wildman–Crippen LogP) is 6.70. The molecule has 0 saturated heterocycles. The van der Waals surface area contributed by atoms with Crippen LogP contribution in [0.2, 0.25) is 0 Å². The van der Waals surface area contributed by atoms with Crippen molar-refractivity contribution in [2.24, 2.45) is 0 Å². The molecule has 1 aromatic heterocycles. The molecule has 164 valence electrons. The quantitative estimate of drug-likeness (QED) is 0.244. The van der Waals surface area contributed by atoms with Gasteiger partial charge < -0.3 is 9.88 Å². The largest absolute Gasteiger partial charge is 0.342 e. The van der Waals surface area contributed by atoms with Gasteiger partial charge in [-0.25, -0.2) is 0 Å². The van der Waals surface area contributed by atoms with Crippen molar-refractivity contribution in [3.05, 3.63) is 119 Å². The second-order valence-corrected chi connectivity index (χ2v) is 8.36. The first-order valence-corrected chi connectivity index (χ1v) is 11.2. The van der Waals surface area contributed by atoms with Crippen LogP contribution in [0.1, 0.15) is 16.7 Å². The maximum atomic E-state index is 12.8. The van der Waals surface area contributed by atoms with Gasteiger partial charge in [0.15, 0.2) is 0 Å². The number of anilines is 1. The summed E-state index contributed by atoms with van der Waals surface area (Å²) in [5, 5.41) is 16.0. The normalized spacial score (nSPS) is 11.5. The monoisotopic (exact) mass is 441 g/mol. The summed E-state index contributed by atoms with van der Waals surface area (Å²) in [4.78, 5) is 12.8. The Balaban J connectivity index is 1.51. The van der Waals surface area contributed by atoms with Gasteiger partial charge >= 0.3 is 0 Å². The minimum atomic E-state index is -0.419. The molecule has 0 radical (unpaired) electrons. The first kappa shape index (κ1) is 21.2. The van der Waals surface area contributed by atoms with Gasteiger partial charge in [-0.05, 0) is 47.5 Å². The van der Waals surface area contributed by atoms with Crippen molar-refractivity contribution in [2.75, 3.05) is 5.32 Å². The van der Waals surface area contributed by atoms with Crippen LogP contribution >= 0.6 is 0 Å². The Labute approximate surface area is 198 Å². The van der Waals surface area contributed by atoms with Gasteiger partial charge in [0, 0.05) is 34.9 Å². The number of fused-ring (bicyclic) bond motifs is 2. The van der Waals surface area contributed by atoms with Crippen molar-refractivity contribution in [1.82, 2.24) is 4.57 Å². The van der Waals surface area contributed by atoms with Gasteiger partial charge in [-0.3, -0.25) is 4.79 Å². The summed E-state index contributed by atoms with van der Waals surface area (Å²) in [5.41, 5.74) is 4.94. The van der Waals surface area contributed by atoms with Crippen LogP contribution in [0.15, 0.2) is 103 Å². The van der Waals surface area contributed by atoms with Gasteiger partial charge in [-0.15, -0.1) is 0 Å². The molecule has 1 heterocycles. The average molecular weight is 442 g/mol. The lowest BCUT2D eigenvalue weighted by Crippen LogP contribution is -2.13. The zero-order chi connectivity index (χ0) is 23.5. The zero-order valence-electron chi connectivity index (χ0n) is 18.8. The molecule has 4 aromatic carbocycles. The number of rotatable bonds is 5. The summed E-state index contributed by atoms with van der Waals surface area (Å²) in [6.07, 6.45) is 3.69. The second-order valence-electron chi connectivity index (χ2n) is 8.36. The predicted molar refractivity (Wildman–Crippen MR) is 138 cm³/mol. The molecule has 0 unspecified atom stereocenters. The molecule has 5 rings (SSSR count). The Kier molecular flexibility index (Phi) is 5.68. The highest BCUT2D eigenvalue weighted by Crippen LogP contribution is 2.27. The average Bonchev–Trinajstić information content (AvgIpc) is 3.21. The Morgan fingerprint density at radius 1 is 0.912 bits per heavy atom. The van der Waals surface area contributed by atoms with E-state index in [0.29, 0.717) is 12.2 Å². The van der Waals surface area contributed by atoms with Gasteiger partial charge in [0.05, 0.1) is 0 Å². The molecule has 1 amide bonds. The van der Waals surface area contributed by atoms with E-state index < -0.39 is 5.91 Å². The molecule has 0 aliphatic heterocycles. The van der Waals surface area contributed by atoms with Crippen molar-refractivity contribution in [3.63, 3.8) is 0 Å². The van der Waals surface area contributed by atoms with Crippen molar-refractivity contribution < 1.29 is 4.79 Å². The number of carbonyl (C=O) groups is 1. The van der Waals surface area contributed by atoms with Crippen molar-refractivity contribution in [1.29, 1.82) is 5.26 Å². The van der Waals surface area contributed by atoms with E-state index in [1.54, 1.807) is 6.08 Å². The number of hydrogen-bond acceptors (Lipinski definition) is 2.